The highest BCUT2D eigenvalue weighted by atomic mass is 35.5. The van der Waals surface area contributed by atoms with Crippen LogP contribution in [0.2, 0.25) is 5.02 Å². The number of anilines is 1. The van der Waals surface area contributed by atoms with Gasteiger partial charge in [0.05, 0.1) is 11.9 Å². The molecule has 1 aliphatic heterocycles. The number of likely N-dealkylation sites (N-methyl/N-ethyl adjacent to an activating group) is 1. The molecule has 1 heterocycles. The quantitative estimate of drug-likeness (QED) is 0.400. The van der Waals surface area contributed by atoms with Crippen LogP contribution in [0.4, 0.5) is 5.69 Å². The smallest absolute Gasteiger partial charge is 0.244 e. The Morgan fingerprint density at radius 2 is 1.64 bits per heavy atom. The molecule has 0 bridgehead atoms. The zero-order chi connectivity index (χ0) is 28.0. The normalized spacial score (nSPS) is 13.3. The van der Waals surface area contributed by atoms with Gasteiger partial charge in [-0.15, -0.1) is 0 Å². The van der Waals surface area contributed by atoms with Crippen molar-refractivity contribution in [2.75, 3.05) is 37.4 Å². The van der Waals surface area contributed by atoms with Crippen LogP contribution in [0, 0.1) is 0 Å². The van der Waals surface area contributed by atoms with Crippen LogP contribution in [-0.2, 0) is 32.6 Å². The minimum absolute atomic E-state index is 0.00215. The molecular formula is C28H30ClN3O6S. The number of amides is 2. The highest BCUT2D eigenvalue weighted by Gasteiger charge is 2.33. The molecular weight excluding hydrogens is 542 g/mol. The van der Waals surface area contributed by atoms with E-state index in [1.54, 1.807) is 36.4 Å². The lowest BCUT2D eigenvalue weighted by atomic mass is 10.0. The highest BCUT2D eigenvalue weighted by Crippen LogP contribution is 2.35. The van der Waals surface area contributed by atoms with Crippen LogP contribution in [0.15, 0.2) is 72.8 Å². The number of carbonyl (C=O) groups excluding carboxylic acids is 2. The molecule has 9 nitrogen and oxygen atoms in total. The van der Waals surface area contributed by atoms with Gasteiger partial charge in [-0.2, -0.15) is 0 Å². The molecule has 206 valence electrons. The lowest BCUT2D eigenvalue weighted by Crippen LogP contribution is -2.52. The van der Waals surface area contributed by atoms with E-state index in [1.807, 2.05) is 30.3 Å². The molecule has 0 saturated heterocycles. The Hall–Kier alpha value is -3.76. The maximum Gasteiger partial charge on any atom is 0.244 e. The maximum atomic E-state index is 14.0. The molecule has 0 saturated carbocycles. The summed E-state index contributed by atoms with van der Waals surface area (Å²) in [6, 6.07) is 20.1. The Labute approximate surface area is 233 Å². The van der Waals surface area contributed by atoms with E-state index in [-0.39, 0.29) is 24.6 Å². The van der Waals surface area contributed by atoms with Crippen molar-refractivity contribution < 1.29 is 27.5 Å². The number of fused-ring (bicyclic) bond motifs is 1. The summed E-state index contributed by atoms with van der Waals surface area (Å²) < 4.78 is 38.0. The average molecular weight is 572 g/mol. The van der Waals surface area contributed by atoms with Gasteiger partial charge in [-0.05, 0) is 29.3 Å². The summed E-state index contributed by atoms with van der Waals surface area (Å²) in [6.07, 6.45) is 1.25. The van der Waals surface area contributed by atoms with Gasteiger partial charge in [-0.25, -0.2) is 8.42 Å². The first-order chi connectivity index (χ1) is 18.7. The van der Waals surface area contributed by atoms with Crippen molar-refractivity contribution in [3.63, 3.8) is 0 Å². The molecule has 11 heteroatoms. The van der Waals surface area contributed by atoms with Crippen LogP contribution in [0.25, 0.3) is 0 Å². The molecule has 3 aromatic carbocycles. The zero-order valence-electron chi connectivity index (χ0n) is 21.7. The summed E-state index contributed by atoms with van der Waals surface area (Å²) >= 11 is 6.42. The minimum Gasteiger partial charge on any atom is -0.486 e. The van der Waals surface area contributed by atoms with E-state index in [9.17, 15) is 18.0 Å². The number of halogens is 1. The molecule has 1 N–H and O–H groups in total. The van der Waals surface area contributed by atoms with Crippen LogP contribution in [0.1, 0.15) is 11.1 Å². The van der Waals surface area contributed by atoms with Crippen LogP contribution < -0.4 is 19.1 Å². The summed E-state index contributed by atoms with van der Waals surface area (Å²) in [4.78, 5) is 28.5. The van der Waals surface area contributed by atoms with Crippen LogP contribution >= 0.6 is 11.6 Å². The lowest BCUT2D eigenvalue weighted by Gasteiger charge is -2.33. The van der Waals surface area contributed by atoms with Crippen LogP contribution in [-0.4, -0.2) is 64.2 Å². The van der Waals surface area contributed by atoms with E-state index in [0.29, 0.717) is 35.3 Å². The van der Waals surface area contributed by atoms with Gasteiger partial charge in [0.15, 0.2) is 11.5 Å². The van der Waals surface area contributed by atoms with Gasteiger partial charge in [0.1, 0.15) is 25.8 Å². The Balaban J connectivity index is 1.72. The van der Waals surface area contributed by atoms with E-state index in [2.05, 4.69) is 5.32 Å². The van der Waals surface area contributed by atoms with Crippen LogP contribution in [0.3, 0.4) is 0 Å². The van der Waals surface area contributed by atoms with Gasteiger partial charge in [0.25, 0.3) is 0 Å². The molecule has 0 spiro atoms. The van der Waals surface area contributed by atoms with Crippen molar-refractivity contribution in [3.8, 4) is 11.5 Å². The second-order valence-corrected chi connectivity index (χ2v) is 11.3. The molecule has 0 fully saturated rings. The summed E-state index contributed by atoms with van der Waals surface area (Å²) in [5, 5.41) is 3.07. The van der Waals surface area contributed by atoms with Crippen molar-refractivity contribution in [1.82, 2.24) is 10.2 Å². The molecule has 0 radical (unpaired) electrons. The Morgan fingerprint density at radius 3 is 2.31 bits per heavy atom. The highest BCUT2D eigenvalue weighted by molar-refractivity contribution is 7.92. The number of hydrogen-bond acceptors (Lipinski definition) is 6. The second-order valence-electron chi connectivity index (χ2n) is 9.03. The maximum absolute atomic E-state index is 14.0. The number of sulfonamides is 1. The molecule has 4 rings (SSSR count). The fourth-order valence-electron chi connectivity index (χ4n) is 4.33. The Kier molecular flexibility index (Phi) is 8.98. The first-order valence-corrected chi connectivity index (χ1v) is 14.6. The molecule has 3 aromatic rings. The van der Waals surface area contributed by atoms with Gasteiger partial charge >= 0.3 is 0 Å². The predicted octanol–water partition coefficient (Wildman–Crippen LogP) is 3.26. The molecule has 2 amide bonds. The lowest BCUT2D eigenvalue weighted by molar-refractivity contribution is -0.139. The molecule has 1 aliphatic rings. The predicted molar refractivity (Wildman–Crippen MR) is 150 cm³/mol. The first kappa shape index (κ1) is 28.3. The monoisotopic (exact) mass is 571 g/mol. The van der Waals surface area contributed by atoms with E-state index in [4.69, 9.17) is 21.1 Å². The molecule has 0 aromatic heterocycles. The Morgan fingerprint density at radius 1 is 0.974 bits per heavy atom. The number of ether oxygens (including phenoxy) is 2. The van der Waals surface area contributed by atoms with Gasteiger partial charge in [-0.3, -0.25) is 13.9 Å². The largest absolute Gasteiger partial charge is 0.486 e. The van der Waals surface area contributed by atoms with Gasteiger partial charge in [0, 0.05) is 31.1 Å². The van der Waals surface area contributed by atoms with Crippen molar-refractivity contribution in [2.24, 2.45) is 0 Å². The standard InChI is InChI=1S/C28H30ClN3O6S/c1-30-28(34)24(16-20-8-4-3-5-9-20)31(18-21-10-6-7-11-23(21)29)27(33)19-32(39(2,35)36)22-12-13-25-26(17-22)38-15-14-37-25/h3-13,17,24H,14-16,18-19H2,1-2H3,(H,30,34)/t24-/m0/s1. The third-order valence-corrected chi connectivity index (χ3v) is 7.82. The summed E-state index contributed by atoms with van der Waals surface area (Å²) in [7, 11) is -2.41. The first-order valence-electron chi connectivity index (χ1n) is 12.3. The fraction of sp³-hybridized carbons (Fsp3) is 0.286. The van der Waals surface area contributed by atoms with Gasteiger partial charge in [-0.1, -0.05) is 60.1 Å². The minimum atomic E-state index is -3.90. The number of rotatable bonds is 10. The van der Waals surface area contributed by atoms with E-state index in [1.165, 1.54) is 18.0 Å². The summed E-state index contributed by atoms with van der Waals surface area (Å²) in [5.41, 5.74) is 1.71. The SMILES string of the molecule is CNC(=O)[C@H](Cc1ccccc1)N(Cc1ccccc1Cl)C(=O)CN(c1ccc2c(c1)OCCO2)S(C)(=O)=O. The number of nitrogens with one attached hydrogen (secondary N) is 1. The third kappa shape index (κ3) is 7.01. The van der Waals surface area contributed by atoms with Crippen molar-refractivity contribution >= 4 is 39.1 Å². The molecule has 0 unspecified atom stereocenters. The van der Waals surface area contributed by atoms with Crippen molar-refractivity contribution in [1.29, 1.82) is 0 Å². The number of carbonyl (C=O) groups is 2. The van der Waals surface area contributed by atoms with E-state index >= 15 is 0 Å². The summed E-state index contributed by atoms with van der Waals surface area (Å²) in [5.74, 6) is -0.0722. The second kappa shape index (κ2) is 12.4. The molecule has 0 aliphatic carbocycles. The van der Waals surface area contributed by atoms with Crippen molar-refractivity contribution in [3.05, 3.63) is 88.9 Å². The third-order valence-electron chi connectivity index (χ3n) is 6.31. The number of benzene rings is 3. The molecule has 39 heavy (non-hydrogen) atoms. The average Bonchev–Trinajstić information content (AvgIpc) is 2.93. The van der Waals surface area contributed by atoms with Crippen LogP contribution in [0.5, 0.6) is 11.5 Å². The Bertz CT molecular complexity index is 1430. The van der Waals surface area contributed by atoms with E-state index < -0.39 is 28.5 Å². The number of nitrogens with zero attached hydrogens (tertiary/aromatic N) is 2. The van der Waals surface area contributed by atoms with Crippen molar-refractivity contribution in [2.45, 2.75) is 19.0 Å². The topological polar surface area (TPSA) is 105 Å². The summed E-state index contributed by atoms with van der Waals surface area (Å²) in [6.45, 7) is 0.181. The zero-order valence-corrected chi connectivity index (χ0v) is 23.2. The number of hydrogen-bond donors (Lipinski definition) is 1. The molecule has 1 atom stereocenters. The fourth-order valence-corrected chi connectivity index (χ4v) is 5.37. The van der Waals surface area contributed by atoms with Gasteiger partial charge < -0.3 is 19.7 Å². The van der Waals surface area contributed by atoms with Gasteiger partial charge in [0.2, 0.25) is 21.8 Å². The van der Waals surface area contributed by atoms with E-state index in [0.717, 1.165) is 16.1 Å².